The van der Waals surface area contributed by atoms with Crippen molar-refractivity contribution in [3.05, 3.63) is 0 Å². The van der Waals surface area contributed by atoms with Crippen molar-refractivity contribution in [1.82, 2.24) is 0 Å². The molecule has 0 saturated heterocycles. The maximum atomic E-state index is 6.09. The average molecular weight is 227 g/mol. The Hall–Kier alpha value is -0.0800. The van der Waals surface area contributed by atoms with Crippen LogP contribution in [0.15, 0.2) is 0 Å². The average Bonchev–Trinajstić information content (AvgIpc) is 2.32. The molecule has 2 nitrogen and oxygen atoms in total. The summed E-state index contributed by atoms with van der Waals surface area (Å²) in [5.41, 5.74) is 5.93. The molecule has 1 aliphatic rings. The Morgan fingerprint density at radius 3 is 2.44 bits per heavy atom. The fourth-order valence-corrected chi connectivity index (χ4v) is 2.51. The molecule has 0 amide bonds. The molecule has 1 aliphatic carbocycles. The SMILES string of the molecule is CCCCCCOC1(CN)CCC(C)CC1. The van der Waals surface area contributed by atoms with Crippen LogP contribution >= 0.6 is 0 Å². The van der Waals surface area contributed by atoms with E-state index >= 15 is 0 Å². The highest BCUT2D eigenvalue weighted by Gasteiger charge is 2.33. The van der Waals surface area contributed by atoms with Gasteiger partial charge in [0.2, 0.25) is 0 Å². The van der Waals surface area contributed by atoms with Crippen molar-refractivity contribution in [2.75, 3.05) is 13.2 Å². The Morgan fingerprint density at radius 1 is 1.19 bits per heavy atom. The van der Waals surface area contributed by atoms with E-state index in [1.54, 1.807) is 0 Å². The number of nitrogens with two attached hydrogens (primary N) is 1. The third kappa shape index (κ3) is 4.42. The largest absolute Gasteiger partial charge is 0.374 e. The number of unbranched alkanes of at least 4 members (excludes halogenated alkanes) is 3. The Kier molecular flexibility index (Phi) is 6.37. The molecule has 0 atom stereocenters. The van der Waals surface area contributed by atoms with E-state index in [0.29, 0.717) is 6.54 Å². The molecule has 16 heavy (non-hydrogen) atoms. The lowest BCUT2D eigenvalue weighted by atomic mass is 9.79. The lowest BCUT2D eigenvalue weighted by Crippen LogP contribution is -2.44. The van der Waals surface area contributed by atoms with Crippen molar-refractivity contribution in [3.63, 3.8) is 0 Å². The number of rotatable bonds is 7. The molecule has 1 saturated carbocycles. The zero-order valence-electron chi connectivity index (χ0n) is 11.1. The van der Waals surface area contributed by atoms with Gasteiger partial charge in [-0.05, 0) is 38.0 Å². The second-order valence-electron chi connectivity index (χ2n) is 5.48. The Labute approximate surface area is 101 Å². The number of hydrogen-bond acceptors (Lipinski definition) is 2. The quantitative estimate of drug-likeness (QED) is 0.676. The number of hydrogen-bond donors (Lipinski definition) is 1. The van der Waals surface area contributed by atoms with Gasteiger partial charge in [-0.3, -0.25) is 0 Å². The second kappa shape index (κ2) is 7.29. The molecule has 0 aromatic carbocycles. The molecule has 0 heterocycles. The van der Waals surface area contributed by atoms with Gasteiger partial charge in [-0.1, -0.05) is 33.1 Å². The first-order chi connectivity index (χ1) is 7.72. The van der Waals surface area contributed by atoms with Gasteiger partial charge in [-0.25, -0.2) is 0 Å². The Balaban J connectivity index is 2.20. The minimum atomic E-state index is 0.0265. The molecule has 0 unspecified atom stereocenters. The highest BCUT2D eigenvalue weighted by Crippen LogP contribution is 2.34. The van der Waals surface area contributed by atoms with Crippen LogP contribution in [-0.2, 0) is 4.74 Å². The second-order valence-corrected chi connectivity index (χ2v) is 5.48. The van der Waals surface area contributed by atoms with Crippen molar-refractivity contribution in [3.8, 4) is 0 Å². The summed E-state index contributed by atoms with van der Waals surface area (Å²) in [6.07, 6.45) is 10.0. The summed E-state index contributed by atoms with van der Waals surface area (Å²) < 4.78 is 6.09. The first kappa shape index (κ1) is 14.0. The summed E-state index contributed by atoms with van der Waals surface area (Å²) in [6.45, 7) is 6.19. The van der Waals surface area contributed by atoms with E-state index < -0.39 is 0 Å². The van der Waals surface area contributed by atoms with Crippen molar-refractivity contribution in [1.29, 1.82) is 0 Å². The summed E-state index contributed by atoms with van der Waals surface area (Å²) in [5, 5.41) is 0. The van der Waals surface area contributed by atoms with E-state index in [4.69, 9.17) is 10.5 Å². The van der Waals surface area contributed by atoms with Gasteiger partial charge >= 0.3 is 0 Å². The summed E-state index contributed by atoms with van der Waals surface area (Å²) in [4.78, 5) is 0. The molecular formula is C14H29NO. The summed E-state index contributed by atoms with van der Waals surface area (Å²) >= 11 is 0. The lowest BCUT2D eigenvalue weighted by Gasteiger charge is -2.38. The van der Waals surface area contributed by atoms with Crippen LogP contribution in [0.4, 0.5) is 0 Å². The van der Waals surface area contributed by atoms with Gasteiger partial charge in [-0.2, -0.15) is 0 Å². The molecule has 96 valence electrons. The van der Waals surface area contributed by atoms with E-state index in [-0.39, 0.29) is 5.60 Å². The highest BCUT2D eigenvalue weighted by molar-refractivity contribution is 4.87. The minimum absolute atomic E-state index is 0.0265. The smallest absolute Gasteiger partial charge is 0.0804 e. The van der Waals surface area contributed by atoms with Crippen LogP contribution in [0.25, 0.3) is 0 Å². The summed E-state index contributed by atoms with van der Waals surface area (Å²) in [5.74, 6) is 0.864. The van der Waals surface area contributed by atoms with Crippen molar-refractivity contribution in [2.24, 2.45) is 11.7 Å². The molecule has 0 aromatic heterocycles. The lowest BCUT2D eigenvalue weighted by molar-refractivity contribution is -0.0711. The Bertz CT molecular complexity index is 174. The minimum Gasteiger partial charge on any atom is -0.374 e. The molecule has 0 spiro atoms. The molecule has 2 heteroatoms. The molecule has 2 N–H and O–H groups in total. The van der Waals surface area contributed by atoms with E-state index in [9.17, 15) is 0 Å². The zero-order valence-corrected chi connectivity index (χ0v) is 11.1. The van der Waals surface area contributed by atoms with Gasteiger partial charge in [0.1, 0.15) is 0 Å². The summed E-state index contributed by atoms with van der Waals surface area (Å²) in [7, 11) is 0. The molecule has 1 fully saturated rings. The van der Waals surface area contributed by atoms with Gasteiger partial charge in [0, 0.05) is 13.2 Å². The predicted octanol–water partition coefficient (Wildman–Crippen LogP) is 3.49. The van der Waals surface area contributed by atoms with E-state index in [1.165, 1.54) is 51.4 Å². The number of ether oxygens (including phenoxy) is 1. The van der Waals surface area contributed by atoms with E-state index in [2.05, 4.69) is 13.8 Å². The first-order valence-electron chi connectivity index (χ1n) is 7.06. The normalized spacial score (nSPS) is 30.6. The topological polar surface area (TPSA) is 35.2 Å². The van der Waals surface area contributed by atoms with Gasteiger partial charge in [0.25, 0.3) is 0 Å². The molecule has 0 bridgehead atoms. The van der Waals surface area contributed by atoms with Gasteiger partial charge < -0.3 is 10.5 Å². The molecule has 0 aliphatic heterocycles. The van der Waals surface area contributed by atoms with Gasteiger partial charge in [0.05, 0.1) is 5.60 Å². The molecule has 1 rings (SSSR count). The maximum Gasteiger partial charge on any atom is 0.0804 e. The third-order valence-corrected chi connectivity index (χ3v) is 3.96. The Morgan fingerprint density at radius 2 is 1.88 bits per heavy atom. The maximum absolute atomic E-state index is 6.09. The fourth-order valence-electron chi connectivity index (χ4n) is 2.51. The van der Waals surface area contributed by atoms with Crippen LogP contribution in [0.5, 0.6) is 0 Å². The standard InChI is InChI=1S/C14H29NO/c1-3-4-5-6-11-16-14(12-15)9-7-13(2)8-10-14/h13H,3-12,15H2,1-2H3. The predicted molar refractivity (Wildman–Crippen MR) is 69.5 cm³/mol. The zero-order chi connectivity index (χ0) is 11.9. The van der Waals surface area contributed by atoms with Crippen LogP contribution in [0.3, 0.4) is 0 Å². The van der Waals surface area contributed by atoms with Gasteiger partial charge in [0.15, 0.2) is 0 Å². The van der Waals surface area contributed by atoms with Crippen LogP contribution < -0.4 is 5.73 Å². The third-order valence-electron chi connectivity index (χ3n) is 3.96. The van der Waals surface area contributed by atoms with Crippen LogP contribution in [0.2, 0.25) is 0 Å². The van der Waals surface area contributed by atoms with Crippen molar-refractivity contribution < 1.29 is 4.74 Å². The van der Waals surface area contributed by atoms with Crippen LogP contribution in [-0.4, -0.2) is 18.8 Å². The van der Waals surface area contributed by atoms with Crippen molar-refractivity contribution in [2.45, 2.75) is 70.8 Å². The van der Waals surface area contributed by atoms with Gasteiger partial charge in [-0.15, -0.1) is 0 Å². The van der Waals surface area contributed by atoms with E-state index in [0.717, 1.165) is 12.5 Å². The molecule has 0 aromatic rings. The first-order valence-corrected chi connectivity index (χ1v) is 7.06. The van der Waals surface area contributed by atoms with Crippen molar-refractivity contribution >= 4 is 0 Å². The van der Waals surface area contributed by atoms with Crippen LogP contribution in [0.1, 0.15) is 65.2 Å². The van der Waals surface area contributed by atoms with Crippen LogP contribution in [0, 0.1) is 5.92 Å². The highest BCUT2D eigenvalue weighted by atomic mass is 16.5. The fraction of sp³-hybridized carbons (Fsp3) is 1.00. The molecule has 0 radical (unpaired) electrons. The van der Waals surface area contributed by atoms with E-state index in [1.807, 2.05) is 0 Å². The molecular weight excluding hydrogens is 198 g/mol. The summed E-state index contributed by atoms with van der Waals surface area (Å²) in [6, 6.07) is 0. The monoisotopic (exact) mass is 227 g/mol.